The van der Waals surface area contributed by atoms with E-state index < -0.39 is 0 Å². The normalized spacial score (nSPS) is 15.2. The first-order valence-corrected chi connectivity index (χ1v) is 12.4. The van der Waals surface area contributed by atoms with E-state index >= 15 is 0 Å². The Labute approximate surface area is 204 Å². The Balaban J connectivity index is 1.50. The first kappa shape index (κ1) is 23.2. The molecule has 1 unspecified atom stereocenters. The predicted octanol–water partition coefficient (Wildman–Crippen LogP) is 4.47. The van der Waals surface area contributed by atoms with E-state index in [1.54, 1.807) is 7.11 Å². The molecular formula is C27H32N6O2. The quantitative estimate of drug-likeness (QED) is 0.387. The highest BCUT2D eigenvalue weighted by atomic mass is 16.5. The molecule has 2 aromatic carbocycles. The van der Waals surface area contributed by atoms with Crippen molar-refractivity contribution >= 4 is 10.9 Å². The lowest BCUT2D eigenvalue weighted by Crippen LogP contribution is -2.39. The number of tetrazole rings is 1. The zero-order valence-electron chi connectivity index (χ0n) is 20.4. The van der Waals surface area contributed by atoms with Crippen LogP contribution < -0.4 is 10.3 Å². The summed E-state index contributed by atoms with van der Waals surface area (Å²) in [4.78, 5) is 18.6. The van der Waals surface area contributed by atoms with Crippen molar-refractivity contribution < 1.29 is 4.74 Å². The molecule has 8 heteroatoms. The summed E-state index contributed by atoms with van der Waals surface area (Å²) in [5.74, 6) is 1.62. The smallest absolute Gasteiger partial charge is 0.252 e. The van der Waals surface area contributed by atoms with Gasteiger partial charge in [0.1, 0.15) is 5.75 Å². The van der Waals surface area contributed by atoms with Crippen LogP contribution in [-0.2, 0) is 13.1 Å². The van der Waals surface area contributed by atoms with E-state index in [1.165, 1.54) is 12.8 Å². The lowest BCUT2D eigenvalue weighted by atomic mass is 10.0. The van der Waals surface area contributed by atoms with Gasteiger partial charge in [-0.05, 0) is 59.5 Å². The van der Waals surface area contributed by atoms with Crippen LogP contribution in [-0.4, -0.2) is 43.2 Å². The van der Waals surface area contributed by atoms with E-state index in [0.717, 1.165) is 52.9 Å². The van der Waals surface area contributed by atoms with E-state index in [1.807, 2.05) is 47.1 Å². The van der Waals surface area contributed by atoms with Crippen molar-refractivity contribution in [3.8, 4) is 5.75 Å². The van der Waals surface area contributed by atoms with Gasteiger partial charge in [-0.3, -0.25) is 9.69 Å². The number of hydrogen-bond donors (Lipinski definition) is 1. The van der Waals surface area contributed by atoms with Gasteiger partial charge in [-0.2, -0.15) is 0 Å². The van der Waals surface area contributed by atoms with E-state index in [2.05, 4.69) is 44.5 Å². The number of ether oxygens (including phenoxy) is 1. The van der Waals surface area contributed by atoms with Crippen LogP contribution in [0.15, 0.2) is 59.4 Å². The Hall–Kier alpha value is -3.52. The molecule has 1 aliphatic rings. The Morgan fingerprint density at radius 3 is 2.69 bits per heavy atom. The third-order valence-electron chi connectivity index (χ3n) is 7.09. The van der Waals surface area contributed by atoms with Crippen LogP contribution in [0, 0.1) is 0 Å². The maximum absolute atomic E-state index is 13.1. The van der Waals surface area contributed by atoms with Gasteiger partial charge in [-0.25, -0.2) is 4.68 Å². The maximum Gasteiger partial charge on any atom is 0.252 e. The minimum atomic E-state index is -0.0515. The summed E-state index contributed by atoms with van der Waals surface area (Å²) < 4.78 is 7.30. The minimum Gasteiger partial charge on any atom is -0.497 e. The number of aromatic nitrogens is 5. The molecule has 1 fully saturated rings. The monoisotopic (exact) mass is 472 g/mol. The standard InChI is InChI=1S/C27H32N6O2/c1-3-25(26-29-30-31-33(26)17-19-9-5-4-6-10-19)32(22-11-7-8-12-22)18-21-15-20-16-23(35-2)13-14-24(20)28-27(21)34/h4-6,9-10,13-16,22,25H,3,7-8,11-12,17-18H2,1-2H3,(H,28,34). The fourth-order valence-corrected chi connectivity index (χ4v) is 5.29. The van der Waals surface area contributed by atoms with E-state index in [-0.39, 0.29) is 11.6 Å². The van der Waals surface area contributed by atoms with Crippen LogP contribution in [0.5, 0.6) is 5.75 Å². The average molecular weight is 473 g/mol. The molecule has 0 amide bonds. The summed E-state index contributed by atoms with van der Waals surface area (Å²) >= 11 is 0. The highest BCUT2D eigenvalue weighted by molar-refractivity contribution is 5.80. The lowest BCUT2D eigenvalue weighted by Gasteiger charge is -2.35. The molecule has 0 bridgehead atoms. The number of fused-ring (bicyclic) bond motifs is 1. The molecule has 4 aromatic rings. The molecule has 5 rings (SSSR count). The van der Waals surface area contributed by atoms with Gasteiger partial charge in [0, 0.05) is 29.1 Å². The zero-order chi connectivity index (χ0) is 24.2. The van der Waals surface area contributed by atoms with Crippen LogP contribution in [0.4, 0.5) is 0 Å². The van der Waals surface area contributed by atoms with Crippen LogP contribution in [0.25, 0.3) is 10.9 Å². The van der Waals surface area contributed by atoms with Crippen molar-refractivity contribution in [2.24, 2.45) is 0 Å². The zero-order valence-corrected chi connectivity index (χ0v) is 20.4. The minimum absolute atomic E-state index is 0.0113. The third kappa shape index (κ3) is 4.98. The van der Waals surface area contributed by atoms with Gasteiger partial charge in [0.25, 0.3) is 5.56 Å². The van der Waals surface area contributed by atoms with E-state index in [4.69, 9.17) is 4.74 Å². The number of nitrogens with zero attached hydrogens (tertiary/aromatic N) is 5. The van der Waals surface area contributed by atoms with Gasteiger partial charge >= 0.3 is 0 Å². The maximum atomic E-state index is 13.1. The summed E-state index contributed by atoms with van der Waals surface area (Å²) in [7, 11) is 1.65. The van der Waals surface area contributed by atoms with Crippen molar-refractivity contribution in [1.82, 2.24) is 30.1 Å². The van der Waals surface area contributed by atoms with Gasteiger partial charge in [0.15, 0.2) is 5.82 Å². The van der Waals surface area contributed by atoms with Gasteiger partial charge in [0.05, 0.1) is 19.7 Å². The highest BCUT2D eigenvalue weighted by Crippen LogP contribution is 2.34. The average Bonchev–Trinajstić information content (AvgIpc) is 3.57. The molecular weight excluding hydrogens is 440 g/mol. The highest BCUT2D eigenvalue weighted by Gasteiger charge is 2.32. The number of pyridine rings is 1. The van der Waals surface area contributed by atoms with Crippen molar-refractivity contribution in [2.45, 2.75) is 64.2 Å². The topological polar surface area (TPSA) is 88.9 Å². The number of rotatable bonds is 9. The Kier molecular flexibility index (Phi) is 6.90. The number of nitrogens with one attached hydrogen (secondary N) is 1. The molecule has 1 atom stereocenters. The number of benzene rings is 2. The predicted molar refractivity (Wildman–Crippen MR) is 135 cm³/mol. The summed E-state index contributed by atoms with van der Waals surface area (Å²) in [6.07, 6.45) is 5.51. The van der Waals surface area contributed by atoms with Crippen molar-refractivity contribution in [3.63, 3.8) is 0 Å². The number of aromatic amines is 1. The first-order valence-electron chi connectivity index (χ1n) is 12.4. The molecule has 0 radical (unpaired) electrons. The second-order valence-corrected chi connectivity index (χ2v) is 9.29. The lowest BCUT2D eigenvalue weighted by molar-refractivity contribution is 0.112. The number of H-pyrrole nitrogens is 1. The van der Waals surface area contributed by atoms with Crippen LogP contribution in [0.3, 0.4) is 0 Å². The molecule has 0 aliphatic heterocycles. The number of methoxy groups -OCH3 is 1. The molecule has 1 N–H and O–H groups in total. The fourth-order valence-electron chi connectivity index (χ4n) is 5.29. The van der Waals surface area contributed by atoms with E-state index in [0.29, 0.717) is 19.1 Å². The largest absolute Gasteiger partial charge is 0.497 e. The van der Waals surface area contributed by atoms with Gasteiger partial charge in [0.2, 0.25) is 0 Å². The Morgan fingerprint density at radius 2 is 1.94 bits per heavy atom. The van der Waals surface area contributed by atoms with Crippen LogP contribution >= 0.6 is 0 Å². The van der Waals surface area contributed by atoms with Crippen LogP contribution in [0.1, 0.15) is 62.0 Å². The van der Waals surface area contributed by atoms with Gasteiger partial charge in [-0.1, -0.05) is 50.1 Å². The van der Waals surface area contributed by atoms with Crippen molar-refractivity contribution in [1.29, 1.82) is 0 Å². The third-order valence-corrected chi connectivity index (χ3v) is 7.09. The molecule has 2 heterocycles. The molecule has 35 heavy (non-hydrogen) atoms. The molecule has 1 aliphatic carbocycles. The molecule has 0 saturated heterocycles. The van der Waals surface area contributed by atoms with Crippen LogP contribution in [0.2, 0.25) is 0 Å². The number of hydrogen-bond acceptors (Lipinski definition) is 6. The summed E-state index contributed by atoms with van der Waals surface area (Å²) in [5.41, 5.74) is 2.66. The summed E-state index contributed by atoms with van der Waals surface area (Å²) in [6, 6.07) is 18.4. The Bertz CT molecular complexity index is 1330. The molecule has 8 nitrogen and oxygen atoms in total. The second kappa shape index (κ2) is 10.4. The molecule has 2 aromatic heterocycles. The Morgan fingerprint density at radius 1 is 1.14 bits per heavy atom. The van der Waals surface area contributed by atoms with Crippen molar-refractivity contribution in [3.05, 3.63) is 81.9 Å². The second-order valence-electron chi connectivity index (χ2n) is 9.29. The van der Waals surface area contributed by atoms with Gasteiger partial charge in [-0.15, -0.1) is 5.10 Å². The molecule has 182 valence electrons. The summed E-state index contributed by atoms with van der Waals surface area (Å²) in [5, 5.41) is 13.8. The summed E-state index contributed by atoms with van der Waals surface area (Å²) in [6.45, 7) is 3.34. The molecule has 0 spiro atoms. The first-order chi connectivity index (χ1) is 17.2. The fraction of sp³-hybridized carbons (Fsp3) is 0.407. The van der Waals surface area contributed by atoms with Gasteiger partial charge < -0.3 is 9.72 Å². The van der Waals surface area contributed by atoms with E-state index in [9.17, 15) is 4.79 Å². The SMILES string of the molecule is CCC(c1nnnn1Cc1ccccc1)N(Cc1cc2cc(OC)ccc2[nH]c1=O)C1CCCC1. The van der Waals surface area contributed by atoms with Crippen molar-refractivity contribution in [2.75, 3.05) is 7.11 Å². The molecule has 1 saturated carbocycles.